The van der Waals surface area contributed by atoms with Crippen molar-refractivity contribution >= 4 is 0 Å². The van der Waals surface area contributed by atoms with Gasteiger partial charge in [0.05, 0.1) is 0 Å². The van der Waals surface area contributed by atoms with Crippen molar-refractivity contribution in [2.75, 3.05) is 20.1 Å². The van der Waals surface area contributed by atoms with Gasteiger partial charge in [-0.25, -0.2) is 13.2 Å². The molecule has 0 bridgehead atoms. The molecule has 1 N–H and O–H groups in total. The smallest absolute Gasteiger partial charge is 0.161 e. The summed E-state index contributed by atoms with van der Waals surface area (Å²) in [6, 6.07) is 1.79. The van der Waals surface area contributed by atoms with Crippen molar-refractivity contribution in [1.82, 2.24) is 10.2 Å². The lowest BCUT2D eigenvalue weighted by Crippen LogP contribution is -2.43. The third kappa shape index (κ3) is 3.23. The number of likely N-dealkylation sites (N-methyl/N-ethyl adjacent to an activating group) is 1. The highest BCUT2D eigenvalue weighted by Gasteiger charge is 2.17. The molecule has 1 atom stereocenters. The van der Waals surface area contributed by atoms with Gasteiger partial charge in [0.15, 0.2) is 11.6 Å². The van der Waals surface area contributed by atoms with Crippen LogP contribution in [0.15, 0.2) is 12.1 Å². The maximum atomic E-state index is 13.4. The molecule has 2 rings (SSSR count). The second-order valence-electron chi connectivity index (χ2n) is 4.84. The molecule has 1 saturated heterocycles. The Bertz CT molecular complexity index is 423. The third-order valence-corrected chi connectivity index (χ3v) is 3.29. The molecule has 1 aromatic carbocycles. The van der Waals surface area contributed by atoms with E-state index in [0.717, 1.165) is 32.0 Å². The zero-order valence-electron chi connectivity index (χ0n) is 10.3. The first-order chi connectivity index (χ1) is 8.56. The first-order valence-electron chi connectivity index (χ1n) is 6.11. The summed E-state index contributed by atoms with van der Waals surface area (Å²) in [6.07, 6.45) is 2.12. The highest BCUT2D eigenvalue weighted by Crippen LogP contribution is 2.15. The molecule has 0 aliphatic carbocycles. The van der Waals surface area contributed by atoms with E-state index in [1.165, 1.54) is 0 Å². The monoisotopic (exact) mass is 258 g/mol. The number of nitrogens with zero attached hydrogens (tertiary/aromatic N) is 1. The molecule has 2 nitrogen and oxygen atoms in total. The summed E-state index contributed by atoms with van der Waals surface area (Å²) in [4.78, 5) is 2.20. The number of rotatable bonds is 3. The average molecular weight is 258 g/mol. The first kappa shape index (κ1) is 13.4. The molecule has 1 aromatic rings. The maximum absolute atomic E-state index is 13.4. The summed E-state index contributed by atoms with van der Waals surface area (Å²) in [5.74, 6) is -2.85. The van der Waals surface area contributed by atoms with Crippen LogP contribution in [0.5, 0.6) is 0 Å². The number of piperidine rings is 1. The van der Waals surface area contributed by atoms with Gasteiger partial charge in [-0.2, -0.15) is 0 Å². The van der Waals surface area contributed by atoms with E-state index in [-0.39, 0.29) is 18.2 Å². The third-order valence-electron chi connectivity index (χ3n) is 3.29. The second-order valence-corrected chi connectivity index (χ2v) is 4.84. The first-order valence-corrected chi connectivity index (χ1v) is 6.11. The van der Waals surface area contributed by atoms with Crippen LogP contribution >= 0.6 is 0 Å². The number of benzene rings is 1. The molecule has 0 saturated carbocycles. The van der Waals surface area contributed by atoms with E-state index in [1.54, 1.807) is 0 Å². The zero-order valence-corrected chi connectivity index (χ0v) is 10.3. The fourth-order valence-corrected chi connectivity index (χ4v) is 2.29. The summed E-state index contributed by atoms with van der Waals surface area (Å²) < 4.78 is 39.2. The van der Waals surface area contributed by atoms with Crippen LogP contribution in [0.3, 0.4) is 0 Å². The van der Waals surface area contributed by atoms with Crippen molar-refractivity contribution < 1.29 is 13.2 Å². The van der Waals surface area contributed by atoms with Gasteiger partial charge >= 0.3 is 0 Å². The van der Waals surface area contributed by atoms with Gasteiger partial charge in [0.2, 0.25) is 0 Å². The van der Waals surface area contributed by atoms with Crippen molar-refractivity contribution in [3.8, 4) is 0 Å². The fraction of sp³-hybridized carbons (Fsp3) is 0.538. The molecule has 1 aliphatic rings. The van der Waals surface area contributed by atoms with E-state index >= 15 is 0 Å². The van der Waals surface area contributed by atoms with Crippen molar-refractivity contribution in [2.45, 2.75) is 25.4 Å². The molecule has 100 valence electrons. The van der Waals surface area contributed by atoms with Gasteiger partial charge in [-0.05, 0) is 32.5 Å². The Morgan fingerprint density at radius 1 is 1.22 bits per heavy atom. The van der Waals surface area contributed by atoms with E-state index in [2.05, 4.69) is 10.2 Å². The largest absolute Gasteiger partial charge is 0.309 e. The van der Waals surface area contributed by atoms with Crippen molar-refractivity contribution in [3.05, 3.63) is 35.1 Å². The van der Waals surface area contributed by atoms with Crippen LogP contribution < -0.4 is 5.32 Å². The van der Waals surface area contributed by atoms with E-state index in [1.807, 2.05) is 7.05 Å². The topological polar surface area (TPSA) is 15.3 Å². The van der Waals surface area contributed by atoms with Crippen LogP contribution in [-0.4, -0.2) is 31.1 Å². The Morgan fingerprint density at radius 2 is 1.94 bits per heavy atom. The predicted octanol–water partition coefficient (Wildman–Crippen LogP) is 2.29. The van der Waals surface area contributed by atoms with Crippen LogP contribution in [0.25, 0.3) is 0 Å². The number of likely N-dealkylation sites (tertiary alicyclic amines) is 1. The summed E-state index contributed by atoms with van der Waals surface area (Å²) in [7, 11) is 2.03. The Morgan fingerprint density at radius 3 is 2.67 bits per heavy atom. The van der Waals surface area contributed by atoms with Gasteiger partial charge in [0.25, 0.3) is 0 Å². The van der Waals surface area contributed by atoms with E-state index in [4.69, 9.17) is 0 Å². The van der Waals surface area contributed by atoms with E-state index in [0.29, 0.717) is 6.07 Å². The van der Waals surface area contributed by atoms with Crippen molar-refractivity contribution in [3.63, 3.8) is 0 Å². The lowest BCUT2D eigenvalue weighted by molar-refractivity contribution is 0.226. The minimum Gasteiger partial charge on any atom is -0.309 e. The highest BCUT2D eigenvalue weighted by atomic mass is 19.2. The SMILES string of the molecule is CN1CCCC(NCc2cc(F)c(F)cc2F)C1. The zero-order chi connectivity index (χ0) is 13.1. The average Bonchev–Trinajstić information content (AvgIpc) is 2.32. The molecule has 0 aromatic heterocycles. The molecular formula is C13H17F3N2. The van der Waals surface area contributed by atoms with Crippen molar-refractivity contribution in [1.29, 1.82) is 0 Å². The number of hydrogen-bond acceptors (Lipinski definition) is 2. The highest BCUT2D eigenvalue weighted by molar-refractivity contribution is 5.20. The summed E-state index contributed by atoms with van der Waals surface area (Å²) in [6.45, 7) is 2.19. The normalized spacial score (nSPS) is 21.2. The van der Waals surface area contributed by atoms with Crippen molar-refractivity contribution in [2.24, 2.45) is 0 Å². The molecule has 18 heavy (non-hydrogen) atoms. The molecular weight excluding hydrogens is 241 g/mol. The molecule has 1 heterocycles. The molecule has 0 radical (unpaired) electrons. The van der Waals surface area contributed by atoms with Gasteiger partial charge in [0.1, 0.15) is 5.82 Å². The van der Waals surface area contributed by atoms with Crippen LogP contribution in [-0.2, 0) is 6.54 Å². The van der Waals surface area contributed by atoms with Gasteiger partial charge in [-0.3, -0.25) is 0 Å². The molecule has 1 fully saturated rings. The predicted molar refractivity (Wildman–Crippen MR) is 63.7 cm³/mol. The van der Waals surface area contributed by atoms with Crippen LogP contribution in [0.4, 0.5) is 13.2 Å². The minimum atomic E-state index is -1.14. The molecule has 1 unspecified atom stereocenters. The molecule has 5 heteroatoms. The van der Waals surface area contributed by atoms with Crippen LogP contribution in [0.2, 0.25) is 0 Å². The summed E-state index contributed by atoms with van der Waals surface area (Å²) >= 11 is 0. The van der Waals surface area contributed by atoms with Gasteiger partial charge in [0, 0.05) is 30.8 Å². The van der Waals surface area contributed by atoms with Crippen LogP contribution in [0.1, 0.15) is 18.4 Å². The lowest BCUT2D eigenvalue weighted by atomic mass is 10.1. The lowest BCUT2D eigenvalue weighted by Gasteiger charge is -2.30. The fourth-order valence-electron chi connectivity index (χ4n) is 2.29. The molecule has 0 spiro atoms. The Balaban J connectivity index is 1.95. The molecule has 0 amide bonds. The quantitative estimate of drug-likeness (QED) is 0.837. The number of nitrogens with one attached hydrogen (secondary N) is 1. The maximum Gasteiger partial charge on any atom is 0.161 e. The summed E-state index contributed by atoms with van der Waals surface area (Å²) in [5.41, 5.74) is 0.169. The summed E-state index contributed by atoms with van der Waals surface area (Å²) in [5, 5.41) is 3.19. The standard InChI is InChI=1S/C13H17F3N2/c1-18-4-2-3-10(8-18)17-7-9-5-12(15)13(16)6-11(9)14/h5-6,10,17H,2-4,7-8H2,1H3. The Hall–Kier alpha value is -1.07. The van der Waals surface area contributed by atoms with Gasteiger partial charge < -0.3 is 10.2 Å². The van der Waals surface area contributed by atoms with Gasteiger partial charge in [-0.15, -0.1) is 0 Å². The minimum absolute atomic E-state index is 0.169. The Labute approximate surface area is 105 Å². The molecule has 1 aliphatic heterocycles. The number of hydrogen-bond donors (Lipinski definition) is 1. The number of halogens is 3. The Kier molecular flexibility index (Phi) is 4.24. The van der Waals surface area contributed by atoms with E-state index < -0.39 is 17.5 Å². The second kappa shape index (κ2) is 5.71. The van der Waals surface area contributed by atoms with E-state index in [9.17, 15) is 13.2 Å². The van der Waals surface area contributed by atoms with Crippen LogP contribution in [0, 0.1) is 17.5 Å². The van der Waals surface area contributed by atoms with Gasteiger partial charge in [-0.1, -0.05) is 0 Å².